The van der Waals surface area contributed by atoms with Gasteiger partial charge in [-0.25, -0.2) is 0 Å². The highest BCUT2D eigenvalue weighted by atomic mass is 16.2. The zero-order chi connectivity index (χ0) is 14.4. The maximum Gasteiger partial charge on any atom is 0.237 e. The molecule has 19 heavy (non-hydrogen) atoms. The van der Waals surface area contributed by atoms with Gasteiger partial charge in [-0.05, 0) is 39.7 Å². The topological polar surface area (TPSA) is 41.1 Å². The summed E-state index contributed by atoms with van der Waals surface area (Å²) in [7, 11) is 0. The number of carbonyl (C=O) groups is 1. The SMILES string of the molecule is CCC(C)NC(=O)C(C)NC(C)c1ccc(C)cc1. The molecule has 3 unspecified atom stereocenters. The first-order valence-electron chi connectivity index (χ1n) is 7.07. The number of benzene rings is 1. The Morgan fingerprint density at radius 1 is 1.16 bits per heavy atom. The van der Waals surface area contributed by atoms with E-state index in [9.17, 15) is 4.79 Å². The van der Waals surface area contributed by atoms with Crippen molar-refractivity contribution in [2.24, 2.45) is 0 Å². The summed E-state index contributed by atoms with van der Waals surface area (Å²) < 4.78 is 0. The van der Waals surface area contributed by atoms with E-state index >= 15 is 0 Å². The summed E-state index contributed by atoms with van der Waals surface area (Å²) in [4.78, 5) is 12.0. The van der Waals surface area contributed by atoms with Crippen molar-refractivity contribution in [3.63, 3.8) is 0 Å². The highest BCUT2D eigenvalue weighted by Gasteiger charge is 2.17. The van der Waals surface area contributed by atoms with Crippen LogP contribution in [0.15, 0.2) is 24.3 Å². The number of rotatable bonds is 6. The molecule has 0 saturated heterocycles. The third kappa shape index (κ3) is 5.03. The highest BCUT2D eigenvalue weighted by molar-refractivity contribution is 5.81. The van der Waals surface area contributed by atoms with Crippen LogP contribution in [0.4, 0.5) is 0 Å². The van der Waals surface area contributed by atoms with E-state index in [0.29, 0.717) is 0 Å². The minimum absolute atomic E-state index is 0.0633. The molecule has 1 aromatic rings. The largest absolute Gasteiger partial charge is 0.352 e. The lowest BCUT2D eigenvalue weighted by molar-refractivity contribution is -0.123. The molecule has 3 nitrogen and oxygen atoms in total. The molecule has 0 fully saturated rings. The molecule has 0 aliphatic heterocycles. The molecule has 1 aromatic carbocycles. The standard InChI is InChI=1S/C16H26N2O/c1-6-12(3)17-16(19)14(5)18-13(4)15-9-7-11(2)8-10-15/h7-10,12-14,18H,6H2,1-5H3,(H,17,19). The van der Waals surface area contributed by atoms with Gasteiger partial charge in [-0.15, -0.1) is 0 Å². The molecule has 0 aromatic heterocycles. The molecular weight excluding hydrogens is 236 g/mol. The van der Waals surface area contributed by atoms with Gasteiger partial charge in [-0.3, -0.25) is 10.1 Å². The van der Waals surface area contributed by atoms with Gasteiger partial charge in [0.05, 0.1) is 6.04 Å². The number of carbonyl (C=O) groups excluding carboxylic acids is 1. The Morgan fingerprint density at radius 2 is 1.74 bits per heavy atom. The third-order valence-corrected chi connectivity index (χ3v) is 3.47. The number of nitrogens with one attached hydrogen (secondary N) is 2. The van der Waals surface area contributed by atoms with E-state index in [-0.39, 0.29) is 24.0 Å². The maximum absolute atomic E-state index is 12.0. The fourth-order valence-electron chi connectivity index (χ4n) is 1.87. The van der Waals surface area contributed by atoms with Crippen molar-refractivity contribution in [1.82, 2.24) is 10.6 Å². The van der Waals surface area contributed by atoms with E-state index in [2.05, 4.69) is 55.7 Å². The Labute approximate surface area is 116 Å². The summed E-state index contributed by atoms with van der Waals surface area (Å²) >= 11 is 0. The molecule has 0 bridgehead atoms. The Hall–Kier alpha value is -1.35. The molecule has 3 atom stereocenters. The molecule has 106 valence electrons. The Balaban J connectivity index is 2.53. The van der Waals surface area contributed by atoms with Crippen LogP contribution in [0.3, 0.4) is 0 Å². The number of aryl methyl sites for hydroxylation is 1. The van der Waals surface area contributed by atoms with E-state index in [4.69, 9.17) is 0 Å². The number of amides is 1. The Morgan fingerprint density at radius 3 is 2.26 bits per heavy atom. The maximum atomic E-state index is 12.0. The first kappa shape index (κ1) is 15.7. The second kappa shape index (κ2) is 7.29. The predicted octanol–water partition coefficient (Wildman–Crippen LogP) is 2.95. The second-order valence-corrected chi connectivity index (χ2v) is 5.34. The van der Waals surface area contributed by atoms with E-state index in [1.165, 1.54) is 11.1 Å². The monoisotopic (exact) mass is 262 g/mol. The van der Waals surface area contributed by atoms with Crippen molar-refractivity contribution in [3.8, 4) is 0 Å². The summed E-state index contributed by atoms with van der Waals surface area (Å²) in [5, 5.41) is 6.33. The van der Waals surface area contributed by atoms with Crippen LogP contribution in [-0.2, 0) is 4.79 Å². The van der Waals surface area contributed by atoms with Crippen LogP contribution in [0.1, 0.15) is 51.3 Å². The van der Waals surface area contributed by atoms with Crippen molar-refractivity contribution in [2.45, 2.75) is 59.2 Å². The smallest absolute Gasteiger partial charge is 0.237 e. The lowest BCUT2D eigenvalue weighted by atomic mass is 10.1. The third-order valence-electron chi connectivity index (χ3n) is 3.47. The molecule has 2 N–H and O–H groups in total. The lowest BCUT2D eigenvalue weighted by Gasteiger charge is -2.21. The van der Waals surface area contributed by atoms with E-state index in [1.54, 1.807) is 0 Å². The van der Waals surface area contributed by atoms with Gasteiger partial charge in [-0.1, -0.05) is 36.8 Å². The molecule has 1 amide bonds. The number of hydrogen-bond acceptors (Lipinski definition) is 2. The average molecular weight is 262 g/mol. The van der Waals surface area contributed by atoms with Crippen LogP contribution in [-0.4, -0.2) is 18.0 Å². The highest BCUT2D eigenvalue weighted by Crippen LogP contribution is 2.13. The first-order valence-corrected chi connectivity index (χ1v) is 7.07. The summed E-state index contributed by atoms with van der Waals surface area (Å²) in [6, 6.07) is 8.60. The summed E-state index contributed by atoms with van der Waals surface area (Å²) in [5.41, 5.74) is 2.45. The minimum Gasteiger partial charge on any atom is -0.352 e. The quantitative estimate of drug-likeness (QED) is 0.827. The van der Waals surface area contributed by atoms with Crippen molar-refractivity contribution in [2.75, 3.05) is 0 Å². The summed E-state index contributed by atoms with van der Waals surface area (Å²) in [6.07, 6.45) is 0.950. The van der Waals surface area contributed by atoms with Crippen LogP contribution in [0, 0.1) is 6.92 Å². The van der Waals surface area contributed by atoms with Crippen molar-refractivity contribution in [1.29, 1.82) is 0 Å². The molecular formula is C16H26N2O. The molecule has 3 heteroatoms. The van der Waals surface area contributed by atoms with Crippen molar-refractivity contribution >= 4 is 5.91 Å². The summed E-state index contributed by atoms with van der Waals surface area (Å²) in [6.45, 7) is 10.1. The molecule has 0 radical (unpaired) electrons. The first-order chi connectivity index (χ1) is 8.93. The normalized spacial score (nSPS) is 15.6. The second-order valence-electron chi connectivity index (χ2n) is 5.34. The van der Waals surface area contributed by atoms with Gasteiger partial charge >= 0.3 is 0 Å². The average Bonchev–Trinajstić information content (AvgIpc) is 2.38. The molecule has 0 aliphatic rings. The van der Waals surface area contributed by atoms with E-state index < -0.39 is 0 Å². The predicted molar refractivity (Wildman–Crippen MR) is 80.1 cm³/mol. The van der Waals surface area contributed by atoms with Crippen LogP contribution >= 0.6 is 0 Å². The number of hydrogen-bond donors (Lipinski definition) is 2. The molecule has 0 spiro atoms. The van der Waals surface area contributed by atoms with Crippen molar-refractivity contribution in [3.05, 3.63) is 35.4 Å². The fraction of sp³-hybridized carbons (Fsp3) is 0.562. The lowest BCUT2D eigenvalue weighted by Crippen LogP contribution is -2.45. The molecule has 1 rings (SSSR count). The molecule has 0 aliphatic carbocycles. The van der Waals surface area contributed by atoms with Gasteiger partial charge in [0.25, 0.3) is 0 Å². The van der Waals surface area contributed by atoms with E-state index in [1.807, 2.05) is 13.8 Å². The molecule has 0 heterocycles. The van der Waals surface area contributed by atoms with Gasteiger partial charge in [0.1, 0.15) is 0 Å². The zero-order valence-electron chi connectivity index (χ0n) is 12.7. The Bertz CT molecular complexity index is 400. The van der Waals surface area contributed by atoms with Gasteiger partial charge in [0.2, 0.25) is 5.91 Å². The van der Waals surface area contributed by atoms with Crippen LogP contribution in [0.2, 0.25) is 0 Å². The van der Waals surface area contributed by atoms with E-state index in [0.717, 1.165) is 6.42 Å². The molecule has 0 saturated carbocycles. The zero-order valence-corrected chi connectivity index (χ0v) is 12.7. The van der Waals surface area contributed by atoms with Gasteiger partial charge in [0, 0.05) is 12.1 Å². The fourth-order valence-corrected chi connectivity index (χ4v) is 1.87. The van der Waals surface area contributed by atoms with Gasteiger partial charge in [0.15, 0.2) is 0 Å². The Kier molecular flexibility index (Phi) is 6.03. The van der Waals surface area contributed by atoms with Crippen LogP contribution in [0.25, 0.3) is 0 Å². The minimum atomic E-state index is -0.190. The van der Waals surface area contributed by atoms with Crippen LogP contribution < -0.4 is 10.6 Å². The van der Waals surface area contributed by atoms with Crippen molar-refractivity contribution < 1.29 is 4.79 Å². The van der Waals surface area contributed by atoms with Gasteiger partial charge in [-0.2, -0.15) is 0 Å². The van der Waals surface area contributed by atoms with Crippen LogP contribution in [0.5, 0.6) is 0 Å². The summed E-state index contributed by atoms with van der Waals surface area (Å²) in [5.74, 6) is 0.0633. The van der Waals surface area contributed by atoms with Gasteiger partial charge < -0.3 is 5.32 Å².